The molecular weight excluding hydrogens is 330 g/mol. The lowest BCUT2D eigenvalue weighted by Gasteiger charge is -2.24. The first kappa shape index (κ1) is 18.1. The number of hydrogen-bond donors (Lipinski definition) is 0. The van der Waals surface area contributed by atoms with Gasteiger partial charge in [-0.3, -0.25) is 4.79 Å². The normalized spacial score (nSPS) is 13.2. The van der Waals surface area contributed by atoms with Crippen LogP contribution in [0.3, 0.4) is 0 Å². The SMILES string of the molecule is CCOc1ccc(C(=O)N(Cc2cc(OC)ccc2OC)C2CC2)cc1. The predicted octanol–water partition coefficient (Wildman–Crippen LogP) is 3.91. The van der Waals surface area contributed by atoms with E-state index < -0.39 is 0 Å². The van der Waals surface area contributed by atoms with E-state index in [1.807, 2.05) is 54.3 Å². The molecule has 1 aliphatic rings. The van der Waals surface area contributed by atoms with Crippen molar-refractivity contribution in [3.8, 4) is 17.2 Å². The van der Waals surface area contributed by atoms with Gasteiger partial charge in [-0.25, -0.2) is 0 Å². The molecule has 2 aromatic carbocycles. The fourth-order valence-electron chi connectivity index (χ4n) is 2.97. The summed E-state index contributed by atoms with van der Waals surface area (Å²) >= 11 is 0. The summed E-state index contributed by atoms with van der Waals surface area (Å²) < 4.78 is 16.2. The van der Waals surface area contributed by atoms with E-state index >= 15 is 0 Å². The van der Waals surface area contributed by atoms with Gasteiger partial charge in [0.15, 0.2) is 0 Å². The van der Waals surface area contributed by atoms with Gasteiger partial charge < -0.3 is 19.1 Å². The first-order valence-electron chi connectivity index (χ1n) is 8.91. The molecule has 0 saturated heterocycles. The summed E-state index contributed by atoms with van der Waals surface area (Å²) in [7, 11) is 3.27. The molecule has 0 atom stereocenters. The second-order valence-electron chi connectivity index (χ2n) is 6.30. The van der Waals surface area contributed by atoms with E-state index in [1.165, 1.54) is 0 Å². The van der Waals surface area contributed by atoms with Crippen LogP contribution in [-0.4, -0.2) is 37.7 Å². The number of carbonyl (C=O) groups excluding carboxylic acids is 1. The van der Waals surface area contributed by atoms with Crippen molar-refractivity contribution in [3.63, 3.8) is 0 Å². The van der Waals surface area contributed by atoms with Gasteiger partial charge in [-0.1, -0.05) is 0 Å². The second-order valence-corrected chi connectivity index (χ2v) is 6.30. The highest BCUT2D eigenvalue weighted by molar-refractivity contribution is 5.94. The van der Waals surface area contributed by atoms with Crippen molar-refractivity contribution in [2.75, 3.05) is 20.8 Å². The third kappa shape index (κ3) is 4.10. The monoisotopic (exact) mass is 355 g/mol. The highest BCUT2D eigenvalue weighted by atomic mass is 16.5. The van der Waals surface area contributed by atoms with Crippen LogP contribution in [0.1, 0.15) is 35.7 Å². The minimum absolute atomic E-state index is 0.0282. The van der Waals surface area contributed by atoms with Gasteiger partial charge >= 0.3 is 0 Å². The molecule has 0 bridgehead atoms. The molecule has 0 unspecified atom stereocenters. The molecule has 138 valence electrons. The van der Waals surface area contributed by atoms with Gasteiger partial charge in [-0.15, -0.1) is 0 Å². The minimum Gasteiger partial charge on any atom is -0.497 e. The number of amides is 1. The Balaban J connectivity index is 1.82. The third-order valence-electron chi connectivity index (χ3n) is 4.49. The van der Waals surface area contributed by atoms with E-state index in [0.29, 0.717) is 18.7 Å². The zero-order valence-electron chi connectivity index (χ0n) is 15.5. The molecule has 0 radical (unpaired) electrons. The Morgan fingerprint density at radius 3 is 2.31 bits per heavy atom. The van der Waals surface area contributed by atoms with Crippen LogP contribution < -0.4 is 14.2 Å². The summed E-state index contributed by atoms with van der Waals surface area (Å²) in [4.78, 5) is 15.0. The summed E-state index contributed by atoms with van der Waals surface area (Å²) in [6, 6.07) is 13.3. The van der Waals surface area contributed by atoms with E-state index in [9.17, 15) is 4.79 Å². The molecule has 1 aliphatic carbocycles. The van der Waals surface area contributed by atoms with Crippen LogP contribution in [-0.2, 0) is 6.54 Å². The summed E-state index contributed by atoms with van der Waals surface area (Å²) in [5.74, 6) is 2.32. The van der Waals surface area contributed by atoms with Crippen molar-refractivity contribution in [3.05, 3.63) is 53.6 Å². The van der Waals surface area contributed by atoms with Crippen LogP contribution in [0.25, 0.3) is 0 Å². The molecule has 1 fully saturated rings. The fourth-order valence-corrected chi connectivity index (χ4v) is 2.97. The van der Waals surface area contributed by atoms with Crippen molar-refractivity contribution in [1.82, 2.24) is 4.90 Å². The molecule has 1 amide bonds. The van der Waals surface area contributed by atoms with Gasteiger partial charge in [0.05, 0.1) is 27.4 Å². The molecule has 2 aromatic rings. The summed E-state index contributed by atoms with van der Waals surface area (Å²) in [5, 5.41) is 0. The number of nitrogens with zero attached hydrogens (tertiary/aromatic N) is 1. The second kappa shape index (κ2) is 8.13. The van der Waals surface area contributed by atoms with Crippen LogP contribution in [0.15, 0.2) is 42.5 Å². The predicted molar refractivity (Wildman–Crippen MR) is 100 cm³/mol. The first-order chi connectivity index (χ1) is 12.7. The van der Waals surface area contributed by atoms with Gasteiger partial charge in [0, 0.05) is 17.2 Å². The Bertz CT molecular complexity index is 753. The largest absolute Gasteiger partial charge is 0.497 e. The lowest BCUT2D eigenvalue weighted by Crippen LogP contribution is -2.32. The van der Waals surface area contributed by atoms with E-state index in [1.54, 1.807) is 14.2 Å². The lowest BCUT2D eigenvalue weighted by atomic mass is 10.1. The fraction of sp³-hybridized carbons (Fsp3) is 0.381. The van der Waals surface area contributed by atoms with E-state index in [2.05, 4.69) is 0 Å². The van der Waals surface area contributed by atoms with Crippen LogP contribution in [0, 0.1) is 0 Å². The zero-order chi connectivity index (χ0) is 18.5. The molecule has 26 heavy (non-hydrogen) atoms. The Morgan fingerprint density at radius 2 is 1.73 bits per heavy atom. The van der Waals surface area contributed by atoms with Crippen LogP contribution in [0.5, 0.6) is 17.2 Å². The Labute approximate surface area is 154 Å². The summed E-state index contributed by atoms with van der Waals surface area (Å²) in [6.45, 7) is 3.05. The number of hydrogen-bond acceptors (Lipinski definition) is 4. The van der Waals surface area contributed by atoms with Gasteiger partial charge in [0.2, 0.25) is 0 Å². The van der Waals surface area contributed by atoms with Gasteiger partial charge in [0.25, 0.3) is 5.91 Å². The molecule has 0 heterocycles. The molecular formula is C21H25NO4. The Kier molecular flexibility index (Phi) is 5.66. The van der Waals surface area contributed by atoms with E-state index in [4.69, 9.17) is 14.2 Å². The minimum atomic E-state index is 0.0282. The maximum atomic E-state index is 13.1. The number of carbonyl (C=O) groups is 1. The summed E-state index contributed by atoms with van der Waals surface area (Å²) in [6.07, 6.45) is 2.07. The molecule has 0 aliphatic heterocycles. The molecule has 1 saturated carbocycles. The lowest BCUT2D eigenvalue weighted by molar-refractivity contribution is 0.0728. The average molecular weight is 355 g/mol. The van der Waals surface area contributed by atoms with Gasteiger partial charge in [-0.2, -0.15) is 0 Å². The maximum absolute atomic E-state index is 13.1. The van der Waals surface area contributed by atoms with E-state index in [-0.39, 0.29) is 11.9 Å². The smallest absolute Gasteiger partial charge is 0.254 e. The summed E-state index contributed by atoms with van der Waals surface area (Å²) in [5.41, 5.74) is 1.61. The standard InChI is InChI=1S/C21H25NO4/c1-4-26-18-9-5-15(6-10-18)21(23)22(17-7-8-17)14-16-13-19(24-2)11-12-20(16)25-3/h5-6,9-13,17H,4,7-8,14H2,1-3H3. The number of ether oxygens (including phenoxy) is 3. The van der Waals surface area contributed by atoms with Crippen molar-refractivity contribution >= 4 is 5.91 Å². The molecule has 3 rings (SSSR count). The van der Waals surface area contributed by atoms with Crippen LogP contribution in [0.2, 0.25) is 0 Å². The Morgan fingerprint density at radius 1 is 1.04 bits per heavy atom. The number of methoxy groups -OCH3 is 2. The number of benzene rings is 2. The van der Waals surface area contributed by atoms with Crippen molar-refractivity contribution in [2.24, 2.45) is 0 Å². The van der Waals surface area contributed by atoms with Crippen molar-refractivity contribution in [2.45, 2.75) is 32.4 Å². The molecule has 0 N–H and O–H groups in total. The molecule has 0 spiro atoms. The van der Waals surface area contributed by atoms with Gasteiger partial charge in [-0.05, 0) is 62.2 Å². The van der Waals surface area contributed by atoms with E-state index in [0.717, 1.165) is 35.7 Å². The Hall–Kier alpha value is -2.69. The first-order valence-corrected chi connectivity index (χ1v) is 8.91. The average Bonchev–Trinajstić information content (AvgIpc) is 3.51. The molecule has 5 heteroatoms. The van der Waals surface area contributed by atoms with Crippen LogP contribution in [0.4, 0.5) is 0 Å². The number of rotatable bonds is 8. The van der Waals surface area contributed by atoms with Gasteiger partial charge in [0.1, 0.15) is 17.2 Å². The highest BCUT2D eigenvalue weighted by Gasteiger charge is 2.33. The molecule has 5 nitrogen and oxygen atoms in total. The molecule has 0 aromatic heterocycles. The quantitative estimate of drug-likeness (QED) is 0.720. The van der Waals surface area contributed by atoms with Crippen molar-refractivity contribution < 1.29 is 19.0 Å². The van der Waals surface area contributed by atoms with Crippen LogP contribution >= 0.6 is 0 Å². The maximum Gasteiger partial charge on any atom is 0.254 e. The van der Waals surface area contributed by atoms with Crippen molar-refractivity contribution in [1.29, 1.82) is 0 Å². The zero-order valence-corrected chi connectivity index (χ0v) is 15.5. The highest BCUT2D eigenvalue weighted by Crippen LogP contribution is 2.33. The topological polar surface area (TPSA) is 48.0 Å². The third-order valence-corrected chi connectivity index (χ3v) is 4.49.